The second kappa shape index (κ2) is 6.30. The largest absolute Gasteiger partial charge is 0.272 e. The molecule has 0 atom stereocenters. The van der Waals surface area contributed by atoms with Crippen LogP contribution in [-0.2, 0) is 6.42 Å². The van der Waals surface area contributed by atoms with Crippen molar-refractivity contribution in [3.63, 3.8) is 0 Å². The van der Waals surface area contributed by atoms with Crippen LogP contribution >= 0.6 is 12.2 Å². The summed E-state index contributed by atoms with van der Waals surface area (Å²) < 4.78 is 0. The molecule has 1 aromatic rings. The molecule has 0 bridgehead atoms. The summed E-state index contributed by atoms with van der Waals surface area (Å²) in [6, 6.07) is 10.3. The van der Waals surface area contributed by atoms with Crippen molar-refractivity contribution in [2.75, 3.05) is 0 Å². The van der Waals surface area contributed by atoms with Crippen LogP contribution in [0.5, 0.6) is 0 Å². The molecule has 0 aliphatic carbocycles. The number of rotatable bonds is 4. The number of thiocarbonyl (C=S) groups is 1. The highest BCUT2D eigenvalue weighted by Gasteiger charge is 1.98. The van der Waals surface area contributed by atoms with Gasteiger partial charge in [0, 0.05) is 12.1 Å². The Labute approximate surface area is 96.4 Å². The van der Waals surface area contributed by atoms with Crippen molar-refractivity contribution in [1.82, 2.24) is 5.43 Å². The fraction of sp³-hybridized carbons (Fsp3) is 0.333. The van der Waals surface area contributed by atoms with Gasteiger partial charge in [0.15, 0.2) is 0 Å². The highest BCUT2D eigenvalue weighted by atomic mass is 32.1. The van der Waals surface area contributed by atoms with Gasteiger partial charge in [-0.05, 0) is 18.9 Å². The number of hydrogen-bond donors (Lipinski definition) is 1. The molecule has 1 N–H and O–H groups in total. The van der Waals surface area contributed by atoms with Crippen LogP contribution in [0.15, 0.2) is 35.4 Å². The molecule has 80 valence electrons. The van der Waals surface area contributed by atoms with E-state index < -0.39 is 0 Å². The van der Waals surface area contributed by atoms with Crippen molar-refractivity contribution in [2.45, 2.75) is 26.7 Å². The first kappa shape index (κ1) is 11.9. The molecule has 0 saturated carbocycles. The monoisotopic (exact) mass is 220 g/mol. The summed E-state index contributed by atoms with van der Waals surface area (Å²) in [4.78, 5) is 0.703. The van der Waals surface area contributed by atoms with E-state index >= 15 is 0 Å². The molecule has 1 rings (SSSR count). The molecule has 0 saturated heterocycles. The predicted molar refractivity (Wildman–Crippen MR) is 69.3 cm³/mol. The smallest absolute Gasteiger partial charge is 0.0930 e. The van der Waals surface area contributed by atoms with Gasteiger partial charge in [0.1, 0.15) is 0 Å². The van der Waals surface area contributed by atoms with Gasteiger partial charge in [0.25, 0.3) is 0 Å². The maximum absolute atomic E-state index is 4.91. The lowest BCUT2D eigenvalue weighted by molar-refractivity contribution is 0.997. The van der Waals surface area contributed by atoms with Crippen molar-refractivity contribution in [3.8, 4) is 0 Å². The van der Waals surface area contributed by atoms with Gasteiger partial charge in [0.05, 0.1) is 4.99 Å². The molecular formula is C12H16N2S. The number of nitrogens with one attached hydrogen (secondary N) is 1. The molecule has 0 heterocycles. The van der Waals surface area contributed by atoms with Crippen molar-refractivity contribution >= 4 is 22.9 Å². The molecule has 1 aromatic carbocycles. The van der Waals surface area contributed by atoms with Crippen LogP contribution in [0, 0.1) is 0 Å². The zero-order valence-electron chi connectivity index (χ0n) is 9.16. The summed E-state index contributed by atoms with van der Waals surface area (Å²) >= 11 is 4.91. The predicted octanol–water partition coefficient (Wildman–Crippen LogP) is 2.93. The maximum Gasteiger partial charge on any atom is 0.0930 e. The third kappa shape index (κ3) is 4.70. The second-order valence-electron chi connectivity index (χ2n) is 3.36. The van der Waals surface area contributed by atoms with Crippen LogP contribution in [-0.4, -0.2) is 10.7 Å². The third-order valence-corrected chi connectivity index (χ3v) is 2.12. The normalized spacial score (nSPS) is 11.2. The van der Waals surface area contributed by atoms with Gasteiger partial charge in [-0.25, -0.2) is 0 Å². The summed E-state index contributed by atoms with van der Waals surface area (Å²) in [7, 11) is 0. The van der Waals surface area contributed by atoms with Gasteiger partial charge in [-0.15, -0.1) is 0 Å². The third-order valence-electron chi connectivity index (χ3n) is 2.03. The van der Waals surface area contributed by atoms with Crippen LogP contribution < -0.4 is 5.43 Å². The Hall–Kier alpha value is -1.22. The topological polar surface area (TPSA) is 24.4 Å². The summed E-state index contributed by atoms with van der Waals surface area (Å²) in [6.45, 7) is 3.93. The Morgan fingerprint density at radius 1 is 1.33 bits per heavy atom. The fourth-order valence-electron chi connectivity index (χ4n) is 1.23. The zero-order valence-corrected chi connectivity index (χ0v) is 9.97. The van der Waals surface area contributed by atoms with Crippen LogP contribution in [0.25, 0.3) is 0 Å². The number of nitrogens with zero attached hydrogens (tertiary/aromatic N) is 1. The molecule has 0 spiro atoms. The second-order valence-corrected chi connectivity index (χ2v) is 3.97. The molecule has 0 aromatic heterocycles. The lowest BCUT2D eigenvalue weighted by Crippen LogP contribution is -2.15. The van der Waals surface area contributed by atoms with Gasteiger partial charge in [-0.2, -0.15) is 5.10 Å². The highest BCUT2D eigenvalue weighted by molar-refractivity contribution is 7.80. The Morgan fingerprint density at radius 3 is 2.53 bits per heavy atom. The van der Waals surface area contributed by atoms with E-state index in [0.29, 0.717) is 4.99 Å². The van der Waals surface area contributed by atoms with E-state index in [1.165, 1.54) is 5.56 Å². The Morgan fingerprint density at radius 2 is 2.00 bits per heavy atom. The van der Waals surface area contributed by atoms with E-state index in [1.54, 1.807) is 0 Å². The summed E-state index contributed by atoms with van der Waals surface area (Å²) in [6.07, 6.45) is 1.82. The van der Waals surface area contributed by atoms with Crippen molar-refractivity contribution < 1.29 is 0 Å². The van der Waals surface area contributed by atoms with E-state index in [2.05, 4.69) is 29.6 Å². The molecule has 15 heavy (non-hydrogen) atoms. The van der Waals surface area contributed by atoms with E-state index in [0.717, 1.165) is 18.6 Å². The molecule has 0 radical (unpaired) electrons. The van der Waals surface area contributed by atoms with E-state index in [9.17, 15) is 0 Å². The van der Waals surface area contributed by atoms with Gasteiger partial charge in [-0.3, -0.25) is 5.43 Å². The first-order valence-corrected chi connectivity index (χ1v) is 5.49. The van der Waals surface area contributed by atoms with Crippen molar-refractivity contribution in [1.29, 1.82) is 0 Å². The number of hydrogen-bond acceptors (Lipinski definition) is 2. The van der Waals surface area contributed by atoms with Crippen LogP contribution in [0.1, 0.15) is 25.8 Å². The van der Waals surface area contributed by atoms with Crippen LogP contribution in [0.3, 0.4) is 0 Å². The SMILES string of the molecule is CC/C(Cc1ccccc1)=N/NC(C)=S. The van der Waals surface area contributed by atoms with Crippen molar-refractivity contribution in [2.24, 2.45) is 5.10 Å². The number of benzene rings is 1. The molecule has 0 aliphatic rings. The first-order valence-electron chi connectivity index (χ1n) is 5.08. The highest BCUT2D eigenvalue weighted by Crippen LogP contribution is 2.02. The molecule has 0 aliphatic heterocycles. The Bertz CT molecular complexity index is 344. The van der Waals surface area contributed by atoms with Gasteiger partial charge < -0.3 is 0 Å². The maximum atomic E-state index is 4.91. The Kier molecular flexibility index (Phi) is 4.98. The average Bonchev–Trinajstić information content (AvgIpc) is 2.25. The van der Waals surface area contributed by atoms with Crippen LogP contribution in [0.4, 0.5) is 0 Å². The van der Waals surface area contributed by atoms with Crippen molar-refractivity contribution in [3.05, 3.63) is 35.9 Å². The average molecular weight is 220 g/mol. The standard InChI is InChI=1S/C12H16N2S/c1-3-12(14-13-10(2)15)9-11-7-5-4-6-8-11/h4-8H,3,9H2,1-2H3,(H,13,15)/b14-12-. The minimum Gasteiger partial charge on any atom is -0.272 e. The fourth-order valence-corrected chi connectivity index (χ4v) is 1.28. The molecule has 0 fully saturated rings. The van der Waals surface area contributed by atoms with E-state index in [4.69, 9.17) is 12.2 Å². The first-order chi connectivity index (χ1) is 7.22. The van der Waals surface area contributed by atoms with Crippen LogP contribution in [0.2, 0.25) is 0 Å². The van der Waals surface area contributed by atoms with E-state index in [1.807, 2.05) is 25.1 Å². The minimum absolute atomic E-state index is 0.703. The lowest BCUT2D eigenvalue weighted by atomic mass is 10.1. The molecule has 3 heteroatoms. The quantitative estimate of drug-likeness (QED) is 0.479. The summed E-state index contributed by atoms with van der Waals surface area (Å²) in [5.41, 5.74) is 5.23. The molecule has 2 nitrogen and oxygen atoms in total. The Balaban J connectivity index is 2.61. The minimum atomic E-state index is 0.703. The molecule has 0 unspecified atom stereocenters. The zero-order chi connectivity index (χ0) is 11.1. The molecular weight excluding hydrogens is 204 g/mol. The summed E-state index contributed by atoms with van der Waals surface area (Å²) in [5.74, 6) is 0. The van der Waals surface area contributed by atoms with Gasteiger partial charge in [0.2, 0.25) is 0 Å². The number of hydrazone groups is 1. The van der Waals surface area contributed by atoms with E-state index in [-0.39, 0.29) is 0 Å². The van der Waals surface area contributed by atoms with Gasteiger partial charge in [-0.1, -0.05) is 49.5 Å². The molecule has 0 amide bonds. The van der Waals surface area contributed by atoms with Gasteiger partial charge >= 0.3 is 0 Å². The lowest BCUT2D eigenvalue weighted by Gasteiger charge is -2.04. The summed E-state index contributed by atoms with van der Waals surface area (Å²) in [5, 5.41) is 4.26.